The molecular weight excluding hydrogens is 293 g/mol. The molecule has 1 atom stereocenters. The van der Waals surface area contributed by atoms with Gasteiger partial charge in [-0.05, 0) is 28.9 Å². The maximum absolute atomic E-state index is 13.5. The molecule has 84 valence electrons. The summed E-state index contributed by atoms with van der Waals surface area (Å²) in [5, 5.41) is 11.5. The lowest BCUT2D eigenvalue weighted by Crippen LogP contribution is -2.08. The van der Waals surface area contributed by atoms with Crippen molar-refractivity contribution in [1.82, 2.24) is 10.2 Å². The molecule has 1 unspecified atom stereocenters. The zero-order chi connectivity index (χ0) is 11.5. The summed E-state index contributed by atoms with van der Waals surface area (Å²) < 4.78 is 14.2. The fraction of sp³-hybridized carbons (Fsp3) is 0.200. The average molecular weight is 302 g/mol. The average Bonchev–Trinajstić information content (AvgIpc) is 2.64. The van der Waals surface area contributed by atoms with Crippen LogP contribution in [0.2, 0.25) is 0 Å². The zero-order valence-corrected chi connectivity index (χ0v) is 10.8. The highest BCUT2D eigenvalue weighted by molar-refractivity contribution is 9.11. The molecule has 0 saturated carbocycles. The van der Waals surface area contributed by atoms with E-state index in [-0.39, 0.29) is 11.9 Å². The van der Waals surface area contributed by atoms with Gasteiger partial charge in [0.05, 0.1) is 6.04 Å². The Morgan fingerprint density at radius 1 is 1.38 bits per heavy atom. The maximum Gasteiger partial charge on any atom is 0.206 e. The van der Waals surface area contributed by atoms with Gasteiger partial charge in [0.1, 0.15) is 5.82 Å². The summed E-state index contributed by atoms with van der Waals surface area (Å²) in [5.41, 5.74) is 0.619. The second kappa shape index (κ2) is 4.88. The van der Waals surface area contributed by atoms with Gasteiger partial charge < -0.3 is 5.32 Å². The van der Waals surface area contributed by atoms with Gasteiger partial charge in [-0.15, -0.1) is 10.2 Å². The molecule has 0 aliphatic rings. The lowest BCUT2D eigenvalue weighted by atomic mass is 10.1. The van der Waals surface area contributed by atoms with Crippen LogP contribution in [0.15, 0.2) is 28.2 Å². The first-order valence-corrected chi connectivity index (χ1v) is 6.27. The molecule has 0 bridgehead atoms. The number of aromatic nitrogens is 2. The summed E-state index contributed by atoms with van der Waals surface area (Å²) in [7, 11) is 0. The Bertz CT molecular complexity index is 488. The maximum atomic E-state index is 13.5. The molecule has 0 amide bonds. The molecule has 0 aliphatic heterocycles. The van der Waals surface area contributed by atoms with Crippen LogP contribution >= 0.6 is 27.3 Å². The molecule has 0 fully saturated rings. The number of halogens is 2. The van der Waals surface area contributed by atoms with E-state index in [1.165, 1.54) is 17.4 Å². The van der Waals surface area contributed by atoms with Crippen LogP contribution in [0.5, 0.6) is 0 Å². The second-order valence-corrected chi connectivity index (χ2v) is 5.50. The molecule has 3 nitrogen and oxygen atoms in total. The predicted molar refractivity (Wildman–Crippen MR) is 66.0 cm³/mol. The van der Waals surface area contributed by atoms with Crippen molar-refractivity contribution in [3.8, 4) is 0 Å². The van der Waals surface area contributed by atoms with Crippen molar-refractivity contribution in [3.63, 3.8) is 0 Å². The predicted octanol–water partition coefficient (Wildman–Crippen LogP) is 3.61. The van der Waals surface area contributed by atoms with Crippen LogP contribution in [-0.4, -0.2) is 10.2 Å². The molecule has 6 heteroatoms. The minimum absolute atomic E-state index is 0.138. The van der Waals surface area contributed by atoms with E-state index >= 15 is 0 Å². The van der Waals surface area contributed by atoms with Crippen LogP contribution < -0.4 is 5.32 Å². The van der Waals surface area contributed by atoms with Crippen molar-refractivity contribution in [2.45, 2.75) is 13.0 Å². The molecule has 1 N–H and O–H groups in total. The van der Waals surface area contributed by atoms with Crippen molar-refractivity contribution in [3.05, 3.63) is 39.6 Å². The standard InChI is InChI=1S/C10H9BrFN3S/c1-6(7-4-2-3-5-8(7)12)13-10-15-14-9(11)16-10/h2-6H,1H3,(H,13,15). The SMILES string of the molecule is CC(Nc1nnc(Br)s1)c1ccccc1F. The molecule has 2 aromatic rings. The van der Waals surface area contributed by atoms with Crippen molar-refractivity contribution >= 4 is 32.4 Å². The van der Waals surface area contributed by atoms with Gasteiger partial charge in [-0.3, -0.25) is 0 Å². The van der Waals surface area contributed by atoms with E-state index in [1.54, 1.807) is 12.1 Å². The van der Waals surface area contributed by atoms with Crippen molar-refractivity contribution in [1.29, 1.82) is 0 Å². The van der Waals surface area contributed by atoms with Crippen LogP contribution in [0, 0.1) is 5.82 Å². The largest absolute Gasteiger partial charge is 0.353 e. The molecule has 2 rings (SSSR count). The monoisotopic (exact) mass is 301 g/mol. The molecule has 1 heterocycles. The van der Waals surface area contributed by atoms with E-state index < -0.39 is 0 Å². The lowest BCUT2D eigenvalue weighted by molar-refractivity contribution is 0.600. The van der Waals surface area contributed by atoms with Gasteiger partial charge in [0.25, 0.3) is 0 Å². The Labute approximate surface area is 105 Å². The normalized spacial score (nSPS) is 12.4. The quantitative estimate of drug-likeness (QED) is 0.941. The van der Waals surface area contributed by atoms with Gasteiger partial charge in [0.2, 0.25) is 5.13 Å². The number of nitrogens with zero attached hydrogens (tertiary/aromatic N) is 2. The summed E-state index contributed by atoms with van der Waals surface area (Å²) in [5.74, 6) is -0.217. The van der Waals surface area contributed by atoms with Crippen molar-refractivity contribution in [2.24, 2.45) is 0 Å². The Hall–Kier alpha value is -1.01. The van der Waals surface area contributed by atoms with E-state index in [4.69, 9.17) is 0 Å². The van der Waals surface area contributed by atoms with Crippen LogP contribution in [0.25, 0.3) is 0 Å². The third-order valence-electron chi connectivity index (χ3n) is 2.11. The van der Waals surface area contributed by atoms with Crippen molar-refractivity contribution < 1.29 is 4.39 Å². The first-order valence-electron chi connectivity index (χ1n) is 4.67. The van der Waals surface area contributed by atoms with Gasteiger partial charge >= 0.3 is 0 Å². The Balaban J connectivity index is 2.14. The smallest absolute Gasteiger partial charge is 0.206 e. The van der Waals surface area contributed by atoms with Gasteiger partial charge in [-0.25, -0.2) is 4.39 Å². The minimum Gasteiger partial charge on any atom is -0.353 e. The highest BCUT2D eigenvalue weighted by Gasteiger charge is 2.11. The summed E-state index contributed by atoms with van der Waals surface area (Å²) in [6.45, 7) is 1.88. The van der Waals surface area contributed by atoms with E-state index in [9.17, 15) is 4.39 Å². The first-order chi connectivity index (χ1) is 7.66. The Morgan fingerprint density at radius 2 is 2.12 bits per heavy atom. The summed E-state index contributed by atoms with van der Waals surface area (Å²) in [4.78, 5) is 0. The van der Waals surface area contributed by atoms with Gasteiger partial charge in [0.15, 0.2) is 3.92 Å². The number of hydrogen-bond acceptors (Lipinski definition) is 4. The third-order valence-corrected chi connectivity index (χ3v) is 3.40. The number of hydrogen-bond donors (Lipinski definition) is 1. The molecular formula is C10H9BrFN3S. The number of rotatable bonds is 3. The number of benzene rings is 1. The van der Waals surface area contributed by atoms with Crippen LogP contribution in [0.3, 0.4) is 0 Å². The summed E-state index contributed by atoms with van der Waals surface area (Å²) in [6, 6.07) is 6.55. The van der Waals surface area contributed by atoms with Gasteiger partial charge in [-0.1, -0.05) is 29.5 Å². The zero-order valence-electron chi connectivity index (χ0n) is 8.45. The van der Waals surface area contributed by atoms with E-state index in [0.29, 0.717) is 14.6 Å². The Kier molecular flexibility index (Phi) is 3.50. The number of anilines is 1. The topological polar surface area (TPSA) is 37.8 Å². The Morgan fingerprint density at radius 3 is 2.75 bits per heavy atom. The molecule has 1 aromatic heterocycles. The van der Waals surface area contributed by atoms with E-state index in [0.717, 1.165) is 0 Å². The summed E-state index contributed by atoms with van der Waals surface area (Å²) in [6.07, 6.45) is 0. The van der Waals surface area contributed by atoms with Crippen LogP contribution in [-0.2, 0) is 0 Å². The van der Waals surface area contributed by atoms with Crippen LogP contribution in [0.1, 0.15) is 18.5 Å². The number of nitrogens with one attached hydrogen (secondary N) is 1. The molecule has 0 spiro atoms. The fourth-order valence-electron chi connectivity index (χ4n) is 1.35. The van der Waals surface area contributed by atoms with Crippen molar-refractivity contribution in [2.75, 3.05) is 5.32 Å². The highest BCUT2D eigenvalue weighted by Crippen LogP contribution is 2.25. The highest BCUT2D eigenvalue weighted by atomic mass is 79.9. The van der Waals surface area contributed by atoms with Crippen LogP contribution in [0.4, 0.5) is 9.52 Å². The minimum atomic E-state index is -0.217. The van der Waals surface area contributed by atoms with Gasteiger partial charge in [-0.2, -0.15) is 0 Å². The molecule has 0 aliphatic carbocycles. The molecule has 16 heavy (non-hydrogen) atoms. The molecule has 0 saturated heterocycles. The van der Waals surface area contributed by atoms with E-state index in [1.807, 2.05) is 13.0 Å². The molecule has 1 aromatic carbocycles. The second-order valence-electron chi connectivity index (χ2n) is 3.25. The van der Waals surface area contributed by atoms with Gasteiger partial charge in [0, 0.05) is 5.56 Å². The molecule has 0 radical (unpaired) electrons. The fourth-order valence-corrected chi connectivity index (χ4v) is 2.45. The lowest BCUT2D eigenvalue weighted by Gasteiger charge is -2.13. The first kappa shape index (κ1) is 11.5. The van der Waals surface area contributed by atoms with E-state index in [2.05, 4.69) is 31.4 Å². The third kappa shape index (κ3) is 2.56. The summed E-state index contributed by atoms with van der Waals surface area (Å²) >= 11 is 4.60.